The van der Waals surface area contributed by atoms with Gasteiger partial charge in [-0.1, -0.05) is 60.1 Å². The summed E-state index contributed by atoms with van der Waals surface area (Å²) in [5.41, 5.74) is 3.31. The van der Waals surface area contributed by atoms with Crippen LogP contribution in [0.2, 0.25) is 5.02 Å². The van der Waals surface area contributed by atoms with Crippen molar-refractivity contribution in [1.82, 2.24) is 0 Å². The summed E-state index contributed by atoms with van der Waals surface area (Å²) < 4.78 is 28.2. The molecule has 5 heteroatoms. The molecule has 0 bridgehead atoms. The van der Waals surface area contributed by atoms with Crippen LogP contribution in [-0.4, -0.2) is 8.42 Å². The molecule has 0 atom stereocenters. The molecule has 0 aliphatic rings. The standard InChI is InChI=1S/C21H20ClNO2S/c1-16-12-13-17(2)21(14-16)23(15-18-8-6-7-11-20(18)22)26(24,25)19-9-4-3-5-10-19/h3-14H,15H2,1-2H3. The number of hydrogen-bond donors (Lipinski definition) is 0. The summed E-state index contributed by atoms with van der Waals surface area (Å²) in [5.74, 6) is 0. The Hall–Kier alpha value is -2.30. The highest BCUT2D eigenvalue weighted by molar-refractivity contribution is 7.92. The average molecular weight is 386 g/mol. The molecule has 26 heavy (non-hydrogen) atoms. The summed E-state index contributed by atoms with van der Waals surface area (Å²) >= 11 is 6.30. The Morgan fingerprint density at radius 2 is 1.54 bits per heavy atom. The fourth-order valence-electron chi connectivity index (χ4n) is 2.79. The van der Waals surface area contributed by atoms with Gasteiger partial charge in [0, 0.05) is 5.02 Å². The van der Waals surface area contributed by atoms with Crippen LogP contribution in [0.1, 0.15) is 16.7 Å². The summed E-state index contributed by atoms with van der Waals surface area (Å²) in [7, 11) is -3.73. The van der Waals surface area contributed by atoms with Crippen LogP contribution in [-0.2, 0) is 16.6 Å². The molecule has 0 aliphatic carbocycles. The maximum Gasteiger partial charge on any atom is 0.264 e. The van der Waals surface area contributed by atoms with Gasteiger partial charge in [-0.05, 0) is 54.8 Å². The van der Waals surface area contributed by atoms with Crippen molar-refractivity contribution in [2.75, 3.05) is 4.31 Å². The second-order valence-corrected chi connectivity index (χ2v) is 8.48. The number of benzene rings is 3. The number of halogens is 1. The van der Waals surface area contributed by atoms with Gasteiger partial charge in [-0.25, -0.2) is 8.42 Å². The van der Waals surface area contributed by atoms with E-state index in [9.17, 15) is 8.42 Å². The molecule has 3 aromatic carbocycles. The Labute approximate surface area is 159 Å². The third-order valence-corrected chi connectivity index (χ3v) is 6.38. The number of sulfonamides is 1. The van der Waals surface area contributed by atoms with Gasteiger partial charge in [-0.2, -0.15) is 0 Å². The first-order valence-corrected chi connectivity index (χ1v) is 10.1. The van der Waals surface area contributed by atoms with E-state index in [1.165, 1.54) is 4.31 Å². The Morgan fingerprint density at radius 1 is 0.885 bits per heavy atom. The van der Waals surface area contributed by atoms with Gasteiger partial charge in [-0.3, -0.25) is 4.31 Å². The molecule has 0 fully saturated rings. The molecule has 0 saturated carbocycles. The van der Waals surface area contributed by atoms with Gasteiger partial charge in [0.15, 0.2) is 0 Å². The van der Waals surface area contributed by atoms with Crippen LogP contribution in [0, 0.1) is 13.8 Å². The Balaban J connectivity index is 2.16. The van der Waals surface area contributed by atoms with Crippen LogP contribution in [0.15, 0.2) is 77.7 Å². The van der Waals surface area contributed by atoms with Gasteiger partial charge in [0.2, 0.25) is 0 Å². The fraction of sp³-hybridized carbons (Fsp3) is 0.143. The molecule has 0 N–H and O–H groups in total. The van der Waals surface area contributed by atoms with Crippen molar-refractivity contribution in [2.24, 2.45) is 0 Å². The van der Waals surface area contributed by atoms with Gasteiger partial charge in [-0.15, -0.1) is 0 Å². The van der Waals surface area contributed by atoms with Crippen LogP contribution in [0.4, 0.5) is 5.69 Å². The third kappa shape index (κ3) is 3.76. The molecule has 0 spiro atoms. The second-order valence-electron chi connectivity index (χ2n) is 6.21. The van der Waals surface area contributed by atoms with Crippen molar-refractivity contribution in [1.29, 1.82) is 0 Å². The summed E-state index contributed by atoms with van der Waals surface area (Å²) in [6.07, 6.45) is 0. The van der Waals surface area contributed by atoms with Gasteiger partial charge in [0.05, 0.1) is 17.1 Å². The van der Waals surface area contributed by atoms with Crippen LogP contribution < -0.4 is 4.31 Å². The number of nitrogens with zero attached hydrogens (tertiary/aromatic N) is 1. The van der Waals surface area contributed by atoms with E-state index in [0.717, 1.165) is 16.7 Å². The Bertz CT molecular complexity index is 1020. The van der Waals surface area contributed by atoms with Gasteiger partial charge in [0.25, 0.3) is 10.0 Å². The van der Waals surface area contributed by atoms with Gasteiger partial charge in [0.1, 0.15) is 0 Å². The number of rotatable bonds is 5. The normalized spacial score (nSPS) is 11.3. The number of hydrogen-bond acceptors (Lipinski definition) is 2. The minimum absolute atomic E-state index is 0.168. The molecule has 0 amide bonds. The first-order chi connectivity index (χ1) is 12.4. The van der Waals surface area contributed by atoms with Crippen molar-refractivity contribution < 1.29 is 8.42 Å². The van der Waals surface area contributed by atoms with E-state index in [1.54, 1.807) is 36.4 Å². The molecule has 0 heterocycles. The number of anilines is 1. The van der Waals surface area contributed by atoms with Crippen molar-refractivity contribution in [3.8, 4) is 0 Å². The molecule has 0 unspecified atom stereocenters. The van der Waals surface area contributed by atoms with E-state index in [-0.39, 0.29) is 11.4 Å². The largest absolute Gasteiger partial charge is 0.264 e. The molecule has 0 aliphatic heterocycles. The zero-order valence-corrected chi connectivity index (χ0v) is 16.3. The van der Waals surface area contributed by atoms with Gasteiger partial charge >= 0.3 is 0 Å². The molecule has 0 saturated heterocycles. The lowest BCUT2D eigenvalue weighted by Crippen LogP contribution is -2.31. The van der Waals surface area contributed by atoms with E-state index >= 15 is 0 Å². The van der Waals surface area contributed by atoms with Crippen molar-refractivity contribution in [2.45, 2.75) is 25.3 Å². The Kier molecular flexibility index (Phi) is 5.35. The lowest BCUT2D eigenvalue weighted by atomic mass is 10.1. The minimum atomic E-state index is -3.73. The molecule has 134 valence electrons. The number of aryl methyl sites for hydroxylation is 2. The minimum Gasteiger partial charge on any atom is -0.262 e. The lowest BCUT2D eigenvalue weighted by Gasteiger charge is -2.27. The van der Waals surface area contributed by atoms with E-state index in [0.29, 0.717) is 10.7 Å². The highest BCUT2D eigenvalue weighted by Gasteiger charge is 2.26. The molecule has 0 aromatic heterocycles. The predicted octanol–water partition coefficient (Wildman–Crippen LogP) is 5.35. The molecule has 3 aromatic rings. The molecule has 0 radical (unpaired) electrons. The quantitative estimate of drug-likeness (QED) is 0.593. The van der Waals surface area contributed by atoms with Crippen LogP contribution in [0.25, 0.3) is 0 Å². The first-order valence-electron chi connectivity index (χ1n) is 8.28. The second kappa shape index (κ2) is 7.52. The smallest absolute Gasteiger partial charge is 0.262 e. The van der Waals surface area contributed by atoms with E-state index in [4.69, 9.17) is 11.6 Å². The molecular formula is C21H20ClNO2S. The Morgan fingerprint density at radius 3 is 2.23 bits per heavy atom. The summed E-state index contributed by atoms with van der Waals surface area (Å²) in [4.78, 5) is 0.257. The molecular weight excluding hydrogens is 366 g/mol. The topological polar surface area (TPSA) is 37.4 Å². The van der Waals surface area contributed by atoms with E-state index in [2.05, 4.69) is 0 Å². The van der Waals surface area contributed by atoms with Gasteiger partial charge < -0.3 is 0 Å². The monoisotopic (exact) mass is 385 g/mol. The third-order valence-electron chi connectivity index (χ3n) is 4.24. The van der Waals surface area contributed by atoms with Crippen LogP contribution in [0.5, 0.6) is 0 Å². The SMILES string of the molecule is Cc1ccc(C)c(N(Cc2ccccc2Cl)S(=O)(=O)c2ccccc2)c1. The summed E-state index contributed by atoms with van der Waals surface area (Å²) in [6, 6.07) is 21.6. The average Bonchev–Trinajstić information content (AvgIpc) is 2.64. The maximum absolute atomic E-state index is 13.4. The zero-order valence-electron chi connectivity index (χ0n) is 14.7. The molecule has 3 rings (SSSR count). The van der Waals surface area contributed by atoms with E-state index in [1.807, 2.05) is 50.2 Å². The first kappa shape index (κ1) is 18.5. The summed E-state index contributed by atoms with van der Waals surface area (Å²) in [6.45, 7) is 4.03. The van der Waals surface area contributed by atoms with Crippen LogP contribution in [0.3, 0.4) is 0 Å². The summed E-state index contributed by atoms with van der Waals surface area (Å²) in [5, 5.41) is 0.547. The maximum atomic E-state index is 13.4. The zero-order chi connectivity index (χ0) is 18.7. The van der Waals surface area contributed by atoms with Crippen LogP contribution >= 0.6 is 11.6 Å². The van der Waals surface area contributed by atoms with Crippen molar-refractivity contribution in [3.63, 3.8) is 0 Å². The van der Waals surface area contributed by atoms with Crippen molar-refractivity contribution in [3.05, 3.63) is 94.5 Å². The van der Waals surface area contributed by atoms with E-state index < -0.39 is 10.0 Å². The predicted molar refractivity (Wildman–Crippen MR) is 107 cm³/mol. The molecule has 3 nitrogen and oxygen atoms in total. The van der Waals surface area contributed by atoms with Crippen molar-refractivity contribution >= 4 is 27.3 Å². The highest BCUT2D eigenvalue weighted by atomic mass is 35.5. The lowest BCUT2D eigenvalue weighted by molar-refractivity contribution is 0.590. The highest BCUT2D eigenvalue weighted by Crippen LogP contribution is 2.31. The fourth-order valence-corrected chi connectivity index (χ4v) is 4.50.